The van der Waals surface area contributed by atoms with Crippen LogP contribution in [0, 0.1) is 12.7 Å². The number of piperidine rings is 1. The van der Waals surface area contributed by atoms with E-state index in [1.807, 2.05) is 36.1 Å². The molecule has 0 bridgehead atoms. The van der Waals surface area contributed by atoms with Crippen molar-refractivity contribution in [2.24, 2.45) is 0 Å². The van der Waals surface area contributed by atoms with Crippen LogP contribution < -0.4 is 15.8 Å². The Bertz CT molecular complexity index is 1380. The lowest BCUT2D eigenvalue weighted by molar-refractivity contribution is -0.122. The van der Waals surface area contributed by atoms with E-state index in [2.05, 4.69) is 10.3 Å². The Morgan fingerprint density at radius 2 is 2.12 bits per heavy atom. The minimum Gasteiger partial charge on any atom is -0.448 e. The molecule has 1 unspecified atom stereocenters. The smallest absolute Gasteiger partial charge is 0.297 e. The monoisotopic (exact) mass is 434 g/mol. The van der Waals surface area contributed by atoms with E-state index in [9.17, 15) is 14.0 Å². The quantitative estimate of drug-likeness (QED) is 0.533. The highest BCUT2D eigenvalue weighted by atomic mass is 19.1. The summed E-state index contributed by atoms with van der Waals surface area (Å²) in [7, 11) is 0. The highest BCUT2D eigenvalue weighted by molar-refractivity contribution is 6.01. The molecule has 7 nitrogen and oxygen atoms in total. The molecule has 1 N–H and O–H groups in total. The second-order valence-electron chi connectivity index (χ2n) is 8.26. The van der Waals surface area contributed by atoms with Gasteiger partial charge in [0.2, 0.25) is 11.5 Å². The molecule has 8 heteroatoms. The highest BCUT2D eigenvalue weighted by Gasteiger charge is 2.24. The van der Waals surface area contributed by atoms with Gasteiger partial charge in [-0.25, -0.2) is 9.37 Å². The molecule has 1 amide bonds. The van der Waals surface area contributed by atoms with Crippen molar-refractivity contribution in [1.29, 1.82) is 0 Å². The molecule has 3 heterocycles. The number of aromatic nitrogens is 2. The fourth-order valence-corrected chi connectivity index (χ4v) is 4.33. The van der Waals surface area contributed by atoms with Crippen LogP contribution in [0.2, 0.25) is 0 Å². The average molecular weight is 434 g/mol. The number of halogens is 1. The fourth-order valence-electron chi connectivity index (χ4n) is 4.33. The molecule has 32 heavy (non-hydrogen) atoms. The molecule has 4 aromatic rings. The largest absolute Gasteiger partial charge is 0.448 e. The van der Waals surface area contributed by atoms with Crippen LogP contribution in [0.5, 0.6) is 0 Å². The number of anilines is 1. The Labute approximate surface area is 183 Å². The van der Waals surface area contributed by atoms with E-state index in [-0.39, 0.29) is 29.9 Å². The SMILES string of the molecule is Cc1ccc(F)c(N2CCCC(NC(=O)Cn3cnc4c(oc5ccccc54)c3=O)C2)c1. The maximum Gasteiger partial charge on any atom is 0.297 e. The Hall–Kier alpha value is -3.68. The van der Waals surface area contributed by atoms with Gasteiger partial charge in [-0.3, -0.25) is 14.2 Å². The van der Waals surface area contributed by atoms with Crippen LogP contribution >= 0.6 is 0 Å². The lowest BCUT2D eigenvalue weighted by Gasteiger charge is -2.35. The normalized spacial score (nSPS) is 16.6. The van der Waals surface area contributed by atoms with Crippen LogP contribution in [-0.2, 0) is 11.3 Å². The number of carbonyl (C=O) groups excluding carboxylic acids is 1. The van der Waals surface area contributed by atoms with Gasteiger partial charge in [0.1, 0.15) is 23.5 Å². The van der Waals surface area contributed by atoms with Gasteiger partial charge in [0.25, 0.3) is 5.56 Å². The van der Waals surface area contributed by atoms with Crippen molar-refractivity contribution < 1.29 is 13.6 Å². The minimum atomic E-state index is -0.395. The number of amides is 1. The Morgan fingerprint density at radius 1 is 1.28 bits per heavy atom. The standard InChI is InChI=1S/C24H23FN4O3/c1-15-8-9-18(25)19(11-15)28-10-4-5-16(12-28)27-21(30)13-29-14-26-22-17-6-2-3-7-20(17)32-23(22)24(29)31/h2-3,6-9,11,14,16H,4-5,10,12-13H2,1H3,(H,27,30). The van der Waals surface area contributed by atoms with Crippen LogP contribution in [0.3, 0.4) is 0 Å². The summed E-state index contributed by atoms with van der Waals surface area (Å²) in [5.41, 5.74) is 2.36. The third-order valence-electron chi connectivity index (χ3n) is 5.89. The van der Waals surface area contributed by atoms with Gasteiger partial charge in [-0.2, -0.15) is 0 Å². The second-order valence-corrected chi connectivity index (χ2v) is 8.26. The number of furan rings is 1. The molecule has 1 aliphatic heterocycles. The zero-order valence-electron chi connectivity index (χ0n) is 17.7. The highest BCUT2D eigenvalue weighted by Crippen LogP contribution is 2.25. The lowest BCUT2D eigenvalue weighted by Crippen LogP contribution is -2.49. The van der Waals surface area contributed by atoms with Gasteiger partial charge in [-0.1, -0.05) is 18.2 Å². The number of carbonyl (C=O) groups is 1. The number of nitrogens with zero attached hydrogens (tertiary/aromatic N) is 3. The number of fused-ring (bicyclic) bond motifs is 3. The van der Waals surface area contributed by atoms with Crippen molar-refractivity contribution in [3.05, 3.63) is 70.5 Å². The molecule has 0 saturated carbocycles. The summed E-state index contributed by atoms with van der Waals surface area (Å²) in [4.78, 5) is 31.8. The van der Waals surface area contributed by atoms with Crippen LogP contribution in [0.1, 0.15) is 18.4 Å². The maximum atomic E-state index is 14.3. The number of aryl methyl sites for hydroxylation is 1. The van der Waals surface area contributed by atoms with Crippen molar-refractivity contribution in [1.82, 2.24) is 14.9 Å². The molecule has 2 aromatic carbocycles. The summed E-state index contributed by atoms with van der Waals surface area (Å²) < 4.78 is 21.2. The molecule has 164 valence electrons. The van der Waals surface area contributed by atoms with E-state index in [0.29, 0.717) is 23.3 Å². The van der Waals surface area contributed by atoms with Crippen LogP contribution in [0.15, 0.2) is 58.0 Å². The molecule has 5 rings (SSSR count). The molecule has 1 fully saturated rings. The molecule has 0 spiro atoms. The van der Waals surface area contributed by atoms with E-state index in [0.717, 1.165) is 30.3 Å². The predicted octanol–water partition coefficient (Wildman–Crippen LogP) is 3.38. The zero-order valence-corrected chi connectivity index (χ0v) is 17.7. The van der Waals surface area contributed by atoms with E-state index in [4.69, 9.17) is 4.42 Å². The lowest BCUT2D eigenvalue weighted by atomic mass is 10.0. The summed E-state index contributed by atoms with van der Waals surface area (Å²) in [5.74, 6) is -0.555. The fraction of sp³-hybridized carbons (Fsp3) is 0.292. The van der Waals surface area contributed by atoms with Crippen LogP contribution in [0.4, 0.5) is 10.1 Å². The minimum absolute atomic E-state index is 0.130. The molecule has 2 aromatic heterocycles. The van der Waals surface area contributed by atoms with Gasteiger partial charge in [0.15, 0.2) is 0 Å². The number of hydrogen-bond donors (Lipinski definition) is 1. The summed E-state index contributed by atoms with van der Waals surface area (Å²) in [6, 6.07) is 12.2. The predicted molar refractivity (Wildman–Crippen MR) is 120 cm³/mol. The third kappa shape index (κ3) is 3.72. The van der Waals surface area contributed by atoms with Crippen molar-refractivity contribution >= 4 is 33.7 Å². The molecule has 0 aliphatic carbocycles. The van der Waals surface area contributed by atoms with Crippen LogP contribution in [-0.4, -0.2) is 34.6 Å². The summed E-state index contributed by atoms with van der Waals surface area (Å²) in [5, 5.41) is 3.75. The van der Waals surface area contributed by atoms with Gasteiger partial charge in [0.05, 0.1) is 12.0 Å². The summed E-state index contributed by atoms with van der Waals surface area (Å²) in [6.07, 6.45) is 3.01. The second kappa shape index (κ2) is 8.11. The summed E-state index contributed by atoms with van der Waals surface area (Å²) >= 11 is 0. The number of benzene rings is 2. The molecule has 0 radical (unpaired) electrons. The third-order valence-corrected chi connectivity index (χ3v) is 5.89. The van der Waals surface area contributed by atoms with Crippen molar-refractivity contribution in [3.63, 3.8) is 0 Å². The molecule has 1 atom stereocenters. The molecular weight excluding hydrogens is 411 g/mol. The zero-order chi connectivity index (χ0) is 22.2. The van der Waals surface area contributed by atoms with Gasteiger partial charge in [-0.15, -0.1) is 0 Å². The maximum absolute atomic E-state index is 14.3. The van der Waals surface area contributed by atoms with E-state index >= 15 is 0 Å². The molecular formula is C24H23FN4O3. The van der Waals surface area contributed by atoms with E-state index < -0.39 is 5.56 Å². The first-order valence-electron chi connectivity index (χ1n) is 10.7. The van der Waals surface area contributed by atoms with Crippen LogP contribution in [0.25, 0.3) is 22.1 Å². The molecule has 1 saturated heterocycles. The topological polar surface area (TPSA) is 80.4 Å². The van der Waals surface area contributed by atoms with Gasteiger partial charge < -0.3 is 14.6 Å². The van der Waals surface area contributed by atoms with E-state index in [1.54, 1.807) is 12.1 Å². The first-order chi connectivity index (χ1) is 15.5. The number of para-hydroxylation sites is 1. The van der Waals surface area contributed by atoms with Crippen molar-refractivity contribution in [3.8, 4) is 0 Å². The first-order valence-corrected chi connectivity index (χ1v) is 10.7. The van der Waals surface area contributed by atoms with Crippen molar-refractivity contribution in [2.75, 3.05) is 18.0 Å². The van der Waals surface area contributed by atoms with Gasteiger partial charge >= 0.3 is 0 Å². The summed E-state index contributed by atoms with van der Waals surface area (Å²) in [6.45, 7) is 3.02. The van der Waals surface area contributed by atoms with Gasteiger partial charge in [-0.05, 0) is 49.6 Å². The number of rotatable bonds is 4. The number of nitrogens with one attached hydrogen (secondary N) is 1. The Morgan fingerprint density at radius 3 is 3.00 bits per heavy atom. The first kappa shape index (κ1) is 20.2. The average Bonchev–Trinajstić information content (AvgIpc) is 3.17. The van der Waals surface area contributed by atoms with Crippen molar-refractivity contribution in [2.45, 2.75) is 32.4 Å². The molecule has 1 aliphatic rings. The van der Waals surface area contributed by atoms with Gasteiger partial charge in [0, 0.05) is 24.5 Å². The van der Waals surface area contributed by atoms with E-state index in [1.165, 1.54) is 17.0 Å². The number of hydrogen-bond acceptors (Lipinski definition) is 5. The Balaban J connectivity index is 1.31. The Kier molecular flexibility index (Phi) is 5.13.